The van der Waals surface area contributed by atoms with Crippen LogP contribution in [-0.4, -0.2) is 5.91 Å². The third-order valence-corrected chi connectivity index (χ3v) is 3.12. The fourth-order valence-electron chi connectivity index (χ4n) is 1.73. The van der Waals surface area contributed by atoms with Crippen molar-refractivity contribution in [2.75, 3.05) is 5.73 Å². The number of nitrogen functional groups attached to an aromatic ring is 1. The second-order valence-electron chi connectivity index (χ2n) is 4.16. The van der Waals surface area contributed by atoms with Crippen molar-refractivity contribution in [1.82, 2.24) is 0 Å². The van der Waals surface area contributed by atoms with Gasteiger partial charge in [0.25, 0.3) is 5.91 Å². The monoisotopic (exact) mass is 310 g/mol. The molecule has 2 aromatic carbocycles. The van der Waals surface area contributed by atoms with Crippen LogP contribution in [0.1, 0.15) is 15.9 Å². The number of carbonyl (C=O) groups is 1. The molecule has 0 aliphatic rings. The highest BCUT2D eigenvalue weighted by Gasteiger charge is 2.15. The smallest absolute Gasteiger partial charge is 0.252 e. The highest BCUT2D eigenvalue weighted by atomic mass is 35.5. The summed E-state index contributed by atoms with van der Waals surface area (Å²) in [6.07, 6.45) is 0. The van der Waals surface area contributed by atoms with Gasteiger partial charge in [-0.05, 0) is 29.8 Å². The van der Waals surface area contributed by atoms with Gasteiger partial charge in [0.2, 0.25) is 0 Å². The lowest BCUT2D eigenvalue weighted by Crippen LogP contribution is -2.14. The number of hydrogen-bond donors (Lipinski definition) is 2. The van der Waals surface area contributed by atoms with Gasteiger partial charge in [0, 0.05) is 10.7 Å². The molecule has 0 aromatic heterocycles. The van der Waals surface area contributed by atoms with Crippen LogP contribution < -0.4 is 16.2 Å². The summed E-state index contributed by atoms with van der Waals surface area (Å²) < 4.78 is 5.58. The highest BCUT2D eigenvalue weighted by Crippen LogP contribution is 2.32. The van der Waals surface area contributed by atoms with Gasteiger partial charge in [-0.2, -0.15) is 0 Å². The lowest BCUT2D eigenvalue weighted by atomic mass is 10.1. The molecule has 0 aliphatic heterocycles. The molecule has 4 nitrogen and oxygen atoms in total. The molecule has 2 rings (SSSR count). The van der Waals surface area contributed by atoms with E-state index in [-0.39, 0.29) is 22.9 Å². The zero-order chi connectivity index (χ0) is 14.7. The number of benzene rings is 2. The van der Waals surface area contributed by atoms with Crippen LogP contribution >= 0.6 is 23.2 Å². The Balaban J connectivity index is 2.27. The van der Waals surface area contributed by atoms with E-state index in [0.717, 1.165) is 5.56 Å². The van der Waals surface area contributed by atoms with Crippen molar-refractivity contribution in [3.05, 3.63) is 57.6 Å². The van der Waals surface area contributed by atoms with Gasteiger partial charge in [0.1, 0.15) is 6.61 Å². The molecule has 0 aliphatic carbocycles. The first kappa shape index (κ1) is 14.5. The minimum Gasteiger partial charge on any atom is -0.486 e. The maximum Gasteiger partial charge on any atom is 0.252 e. The summed E-state index contributed by atoms with van der Waals surface area (Å²) >= 11 is 11.9. The van der Waals surface area contributed by atoms with Gasteiger partial charge >= 0.3 is 0 Å². The van der Waals surface area contributed by atoms with Gasteiger partial charge < -0.3 is 16.2 Å². The summed E-state index contributed by atoms with van der Waals surface area (Å²) in [5.74, 6) is -0.436. The van der Waals surface area contributed by atoms with Crippen molar-refractivity contribution in [3.63, 3.8) is 0 Å². The Hall–Kier alpha value is -1.91. The summed E-state index contributed by atoms with van der Waals surface area (Å²) in [6, 6.07) is 10.1. The summed E-state index contributed by atoms with van der Waals surface area (Å²) in [4.78, 5) is 11.4. The molecule has 0 fully saturated rings. The second-order valence-corrected chi connectivity index (χ2v) is 5.01. The van der Waals surface area contributed by atoms with E-state index < -0.39 is 5.91 Å². The zero-order valence-corrected chi connectivity index (χ0v) is 11.9. The van der Waals surface area contributed by atoms with Gasteiger partial charge in [0.05, 0.1) is 10.6 Å². The molecule has 104 valence electrons. The number of rotatable bonds is 4. The summed E-state index contributed by atoms with van der Waals surface area (Å²) in [5, 5.41) is 0.838. The lowest BCUT2D eigenvalue weighted by molar-refractivity contribution is 0.0996. The fraction of sp³-hybridized carbons (Fsp3) is 0.0714. The van der Waals surface area contributed by atoms with Gasteiger partial charge in [0.15, 0.2) is 5.75 Å². The number of ether oxygens (including phenoxy) is 1. The van der Waals surface area contributed by atoms with Crippen molar-refractivity contribution < 1.29 is 9.53 Å². The van der Waals surface area contributed by atoms with E-state index in [1.807, 2.05) is 6.07 Å². The first-order chi connectivity index (χ1) is 9.47. The van der Waals surface area contributed by atoms with E-state index in [1.54, 1.807) is 18.2 Å². The second kappa shape index (κ2) is 6.03. The van der Waals surface area contributed by atoms with E-state index in [1.165, 1.54) is 12.1 Å². The number of nitrogens with two attached hydrogens (primary N) is 2. The Morgan fingerprint density at radius 1 is 1.20 bits per heavy atom. The van der Waals surface area contributed by atoms with Crippen LogP contribution in [0.2, 0.25) is 10.0 Å². The number of anilines is 1. The maximum atomic E-state index is 11.4. The number of hydrogen-bond acceptors (Lipinski definition) is 3. The third kappa shape index (κ3) is 3.35. The SMILES string of the molecule is NC(=O)c1cc(N)cc(Cl)c1OCc1cccc(Cl)c1. The average molecular weight is 311 g/mol. The van der Waals surface area contributed by atoms with Crippen LogP contribution in [0.3, 0.4) is 0 Å². The van der Waals surface area contributed by atoms with E-state index in [2.05, 4.69) is 0 Å². The molecule has 0 heterocycles. The highest BCUT2D eigenvalue weighted by molar-refractivity contribution is 6.33. The Morgan fingerprint density at radius 3 is 2.60 bits per heavy atom. The van der Waals surface area contributed by atoms with Crippen LogP contribution in [0, 0.1) is 0 Å². The number of carbonyl (C=O) groups excluding carboxylic acids is 1. The van der Waals surface area contributed by atoms with Crippen LogP contribution in [0.5, 0.6) is 5.75 Å². The van der Waals surface area contributed by atoms with Gasteiger partial charge in [-0.15, -0.1) is 0 Å². The number of amides is 1. The van der Waals surface area contributed by atoms with Gasteiger partial charge in [-0.3, -0.25) is 4.79 Å². The Labute approximate surface area is 126 Å². The van der Waals surface area contributed by atoms with Crippen molar-refractivity contribution >= 4 is 34.8 Å². The summed E-state index contributed by atoms with van der Waals surface area (Å²) in [5.41, 5.74) is 12.3. The zero-order valence-electron chi connectivity index (χ0n) is 10.4. The number of primary amides is 1. The third-order valence-electron chi connectivity index (χ3n) is 2.60. The molecule has 4 N–H and O–H groups in total. The van der Waals surface area contributed by atoms with Crippen molar-refractivity contribution in [2.24, 2.45) is 5.73 Å². The van der Waals surface area contributed by atoms with Crippen LogP contribution in [0.15, 0.2) is 36.4 Å². The molecule has 0 bridgehead atoms. The molecule has 2 aromatic rings. The Bertz CT molecular complexity index is 660. The fourth-order valence-corrected chi connectivity index (χ4v) is 2.22. The van der Waals surface area contributed by atoms with Gasteiger partial charge in [-0.25, -0.2) is 0 Å². The minimum absolute atomic E-state index is 0.150. The first-order valence-electron chi connectivity index (χ1n) is 5.73. The normalized spacial score (nSPS) is 10.3. The number of halogens is 2. The van der Waals surface area contributed by atoms with Crippen LogP contribution in [0.4, 0.5) is 5.69 Å². The summed E-state index contributed by atoms with van der Waals surface area (Å²) in [6.45, 7) is 0.213. The molecular weight excluding hydrogens is 299 g/mol. The average Bonchev–Trinajstić information content (AvgIpc) is 2.36. The van der Waals surface area contributed by atoms with E-state index in [4.69, 9.17) is 39.4 Å². The van der Waals surface area contributed by atoms with Crippen molar-refractivity contribution in [1.29, 1.82) is 0 Å². The summed E-state index contributed by atoms with van der Waals surface area (Å²) in [7, 11) is 0. The molecular formula is C14H12Cl2N2O2. The van der Waals surface area contributed by atoms with Gasteiger partial charge in [-0.1, -0.05) is 35.3 Å². The first-order valence-corrected chi connectivity index (χ1v) is 6.49. The van der Waals surface area contributed by atoms with Crippen molar-refractivity contribution in [2.45, 2.75) is 6.61 Å². The van der Waals surface area contributed by atoms with Crippen molar-refractivity contribution in [3.8, 4) is 5.75 Å². The maximum absolute atomic E-state index is 11.4. The van der Waals surface area contributed by atoms with Crippen LogP contribution in [0.25, 0.3) is 0 Å². The lowest BCUT2D eigenvalue weighted by Gasteiger charge is -2.12. The van der Waals surface area contributed by atoms with E-state index in [9.17, 15) is 4.79 Å². The molecule has 0 saturated carbocycles. The topological polar surface area (TPSA) is 78.3 Å². The molecule has 6 heteroatoms. The molecule has 0 radical (unpaired) electrons. The predicted molar refractivity (Wildman–Crippen MR) is 80.2 cm³/mol. The molecule has 0 spiro atoms. The quantitative estimate of drug-likeness (QED) is 0.851. The largest absolute Gasteiger partial charge is 0.486 e. The standard InChI is InChI=1S/C14H12Cl2N2O2/c15-9-3-1-2-8(4-9)7-20-13-11(14(18)19)5-10(17)6-12(13)16/h1-6H,7,17H2,(H2,18,19). The molecule has 0 unspecified atom stereocenters. The Kier molecular flexibility index (Phi) is 4.37. The molecule has 0 saturated heterocycles. The molecule has 1 amide bonds. The predicted octanol–water partition coefficient (Wildman–Crippen LogP) is 3.25. The van der Waals surface area contributed by atoms with Crippen LogP contribution in [-0.2, 0) is 6.61 Å². The molecule has 20 heavy (non-hydrogen) atoms. The minimum atomic E-state index is -0.653. The Morgan fingerprint density at radius 2 is 1.95 bits per heavy atom. The van der Waals surface area contributed by atoms with E-state index in [0.29, 0.717) is 10.7 Å². The molecule has 0 atom stereocenters. The van der Waals surface area contributed by atoms with E-state index >= 15 is 0 Å².